The van der Waals surface area contributed by atoms with Gasteiger partial charge in [0, 0.05) is 21.0 Å². The maximum Gasteiger partial charge on any atom is 0.116 e. The molecule has 0 atom stereocenters. The van der Waals surface area contributed by atoms with Crippen LogP contribution in [0.25, 0.3) is 6.08 Å². The highest BCUT2D eigenvalue weighted by Gasteiger charge is 1.99. The quantitative estimate of drug-likeness (QED) is 0.657. The van der Waals surface area contributed by atoms with Gasteiger partial charge in [0.2, 0.25) is 0 Å². The average Bonchev–Trinajstić information content (AvgIpc) is 2.05. The maximum atomic E-state index is 4.29. The molecule has 0 aliphatic carbocycles. The predicted octanol–water partition coefficient (Wildman–Crippen LogP) is 2.25. The van der Waals surface area contributed by atoms with Gasteiger partial charge in [0.05, 0.1) is 11.9 Å². The summed E-state index contributed by atoms with van der Waals surface area (Å²) >= 11 is -0.110. The van der Waals surface area contributed by atoms with E-state index in [9.17, 15) is 0 Å². The van der Waals surface area contributed by atoms with E-state index in [4.69, 9.17) is 0 Å². The first-order valence-corrected chi connectivity index (χ1v) is 4.98. The minimum Gasteiger partial charge on any atom is -0.243 e. The Kier molecular flexibility index (Phi) is 1.54. The van der Waals surface area contributed by atoms with Crippen molar-refractivity contribution in [2.75, 3.05) is 0 Å². The second-order valence-electron chi connectivity index (χ2n) is 1.77. The van der Waals surface area contributed by atoms with E-state index in [0.717, 1.165) is 11.4 Å². The summed E-state index contributed by atoms with van der Waals surface area (Å²) in [5.41, 5.74) is 1.89. The van der Waals surface area contributed by atoms with Gasteiger partial charge >= 0.3 is 0 Å². The molecule has 1 aliphatic rings. The number of aromatic nitrogens is 2. The van der Waals surface area contributed by atoms with Crippen molar-refractivity contribution in [3.63, 3.8) is 0 Å². The molecule has 1 aliphatic heterocycles. The Labute approximate surface area is 68.4 Å². The van der Waals surface area contributed by atoms with Crippen molar-refractivity contribution >= 4 is 32.8 Å². The fourth-order valence-electron chi connectivity index (χ4n) is 0.694. The molecule has 0 aromatic carbocycles. The summed E-state index contributed by atoms with van der Waals surface area (Å²) in [5, 5.41) is 0. The lowest BCUT2D eigenvalue weighted by Crippen LogP contribution is -1.82. The standard InChI is InChI=1S/C6H4IN3/c1-2-7-10-6-3-8-4-9-5(1)6/h1-4H. The van der Waals surface area contributed by atoms with Crippen molar-refractivity contribution in [2.45, 2.75) is 0 Å². The third-order valence-corrected chi connectivity index (χ3v) is 2.62. The molecule has 2 rings (SSSR count). The Hall–Kier alpha value is -0.650. The van der Waals surface area contributed by atoms with Gasteiger partial charge < -0.3 is 0 Å². The lowest BCUT2D eigenvalue weighted by atomic mass is 10.3. The van der Waals surface area contributed by atoms with Gasteiger partial charge in [0.25, 0.3) is 0 Å². The van der Waals surface area contributed by atoms with Crippen LogP contribution in [0.3, 0.4) is 0 Å². The molecule has 0 saturated heterocycles. The molecule has 50 valence electrons. The predicted molar refractivity (Wildman–Crippen MR) is 47.2 cm³/mol. The van der Waals surface area contributed by atoms with E-state index >= 15 is 0 Å². The molecule has 0 fully saturated rings. The van der Waals surface area contributed by atoms with Gasteiger partial charge in [-0.15, -0.1) is 0 Å². The Morgan fingerprint density at radius 2 is 2.40 bits per heavy atom. The van der Waals surface area contributed by atoms with Crippen molar-refractivity contribution in [1.82, 2.24) is 9.97 Å². The van der Waals surface area contributed by atoms with Crippen molar-refractivity contribution in [3.05, 3.63) is 22.3 Å². The van der Waals surface area contributed by atoms with E-state index in [0.29, 0.717) is 0 Å². The molecule has 0 amide bonds. The van der Waals surface area contributed by atoms with E-state index in [1.54, 1.807) is 12.5 Å². The minimum atomic E-state index is -0.110. The van der Waals surface area contributed by atoms with Gasteiger partial charge in [0.15, 0.2) is 0 Å². The smallest absolute Gasteiger partial charge is 0.116 e. The van der Waals surface area contributed by atoms with Crippen molar-refractivity contribution in [3.8, 4) is 0 Å². The Bertz CT molecular complexity index is 275. The monoisotopic (exact) mass is 245 g/mol. The normalized spacial score (nSPS) is 14.0. The number of halogens is 1. The van der Waals surface area contributed by atoms with Crippen LogP contribution in [0.4, 0.5) is 5.69 Å². The molecule has 0 saturated carbocycles. The SMILES string of the molecule is C1=Cc2ncncc2N=I1. The van der Waals surface area contributed by atoms with Crippen LogP contribution < -0.4 is 0 Å². The summed E-state index contributed by atoms with van der Waals surface area (Å²) in [7, 11) is 0. The van der Waals surface area contributed by atoms with E-state index in [-0.39, 0.29) is 21.0 Å². The maximum absolute atomic E-state index is 4.29. The third kappa shape index (κ3) is 0.985. The van der Waals surface area contributed by atoms with Gasteiger partial charge in [-0.25, -0.2) is 13.1 Å². The van der Waals surface area contributed by atoms with Crippen molar-refractivity contribution in [1.29, 1.82) is 0 Å². The Morgan fingerprint density at radius 3 is 3.30 bits per heavy atom. The van der Waals surface area contributed by atoms with E-state index in [1.807, 2.05) is 6.08 Å². The fourth-order valence-corrected chi connectivity index (χ4v) is 2.03. The zero-order valence-electron chi connectivity index (χ0n) is 5.03. The first kappa shape index (κ1) is 6.09. The van der Waals surface area contributed by atoms with Crippen LogP contribution in [0.15, 0.2) is 19.8 Å². The first-order valence-electron chi connectivity index (χ1n) is 2.77. The summed E-state index contributed by atoms with van der Waals surface area (Å²) in [5.74, 6) is 0. The minimum absolute atomic E-state index is 0.110. The Morgan fingerprint density at radius 1 is 1.40 bits per heavy atom. The Balaban J connectivity index is 2.65. The van der Waals surface area contributed by atoms with E-state index in [1.165, 1.54) is 0 Å². The van der Waals surface area contributed by atoms with Gasteiger partial charge in [-0.3, -0.25) is 0 Å². The molecular formula is C6H4IN3. The molecular weight excluding hydrogens is 241 g/mol. The number of nitrogens with zero attached hydrogens (tertiary/aromatic N) is 3. The lowest BCUT2D eigenvalue weighted by Gasteiger charge is -1.98. The zero-order chi connectivity index (χ0) is 6.81. The highest BCUT2D eigenvalue weighted by atomic mass is 127. The first-order chi connectivity index (χ1) is 4.97. The van der Waals surface area contributed by atoms with Crippen molar-refractivity contribution < 1.29 is 0 Å². The molecule has 10 heavy (non-hydrogen) atoms. The average molecular weight is 245 g/mol. The second kappa shape index (κ2) is 2.53. The van der Waals surface area contributed by atoms with Crippen molar-refractivity contribution in [2.24, 2.45) is 3.15 Å². The number of hydrogen-bond acceptors (Lipinski definition) is 3. The molecule has 0 radical (unpaired) electrons. The van der Waals surface area contributed by atoms with Crippen LogP contribution in [0.2, 0.25) is 0 Å². The largest absolute Gasteiger partial charge is 0.243 e. The lowest BCUT2D eigenvalue weighted by molar-refractivity contribution is 1.15. The van der Waals surface area contributed by atoms with Crippen LogP contribution >= 0.6 is 21.0 Å². The summed E-state index contributed by atoms with van der Waals surface area (Å²) in [6.07, 6.45) is 5.31. The molecule has 0 spiro atoms. The van der Waals surface area contributed by atoms with Gasteiger partial charge in [-0.05, 0) is 10.2 Å². The van der Waals surface area contributed by atoms with Crippen LogP contribution in [0.5, 0.6) is 0 Å². The molecule has 0 unspecified atom stereocenters. The summed E-state index contributed by atoms with van der Waals surface area (Å²) < 4.78 is 6.38. The molecule has 0 N–H and O–H groups in total. The van der Waals surface area contributed by atoms with Gasteiger partial charge in [0.1, 0.15) is 12.0 Å². The number of fused-ring (bicyclic) bond motifs is 1. The number of hydrogen-bond donors (Lipinski definition) is 0. The van der Waals surface area contributed by atoms with Crippen LogP contribution in [0.1, 0.15) is 5.69 Å². The van der Waals surface area contributed by atoms with Crippen LogP contribution in [0, 0.1) is 0 Å². The molecule has 2 heterocycles. The topological polar surface area (TPSA) is 38.1 Å². The summed E-state index contributed by atoms with van der Waals surface area (Å²) in [6, 6.07) is 0. The van der Waals surface area contributed by atoms with E-state index in [2.05, 4.69) is 17.2 Å². The molecule has 4 heteroatoms. The summed E-state index contributed by atoms with van der Waals surface area (Å²) in [6.45, 7) is 0. The fraction of sp³-hybridized carbons (Fsp3) is 0. The molecule has 1 aromatic heterocycles. The zero-order valence-corrected chi connectivity index (χ0v) is 7.19. The second-order valence-corrected chi connectivity index (χ2v) is 3.53. The molecule has 1 aromatic rings. The molecule has 0 bridgehead atoms. The highest BCUT2D eigenvalue weighted by molar-refractivity contribution is 14.2. The number of rotatable bonds is 0. The van der Waals surface area contributed by atoms with E-state index < -0.39 is 0 Å². The van der Waals surface area contributed by atoms with Crippen LogP contribution in [-0.4, -0.2) is 9.97 Å². The van der Waals surface area contributed by atoms with Gasteiger partial charge in [-0.2, -0.15) is 0 Å². The third-order valence-electron chi connectivity index (χ3n) is 1.14. The highest BCUT2D eigenvalue weighted by Crippen LogP contribution is 2.26. The summed E-state index contributed by atoms with van der Waals surface area (Å²) in [4.78, 5) is 7.92. The molecule has 3 nitrogen and oxygen atoms in total. The van der Waals surface area contributed by atoms with Crippen LogP contribution in [-0.2, 0) is 0 Å². The van der Waals surface area contributed by atoms with Gasteiger partial charge in [-0.1, -0.05) is 0 Å².